The minimum Gasteiger partial charge on any atom is -0.378 e. The van der Waals surface area contributed by atoms with E-state index in [1.807, 2.05) is 24.3 Å². The monoisotopic (exact) mass is 338 g/mol. The Balaban J connectivity index is 1.74. The van der Waals surface area contributed by atoms with E-state index in [4.69, 9.17) is 16.3 Å². The van der Waals surface area contributed by atoms with Crippen LogP contribution in [-0.4, -0.2) is 43.2 Å². The summed E-state index contributed by atoms with van der Waals surface area (Å²) in [4.78, 5) is 14.5. The quantitative estimate of drug-likeness (QED) is 0.830. The second kappa shape index (κ2) is 9.26. The smallest absolute Gasteiger partial charge is 0.221 e. The maximum atomic E-state index is 12.1. The van der Waals surface area contributed by atoms with Crippen molar-refractivity contribution in [1.29, 1.82) is 0 Å². The minimum absolute atomic E-state index is 0.0831. The molecule has 1 unspecified atom stereocenters. The normalized spacial score (nSPS) is 19.0. The zero-order valence-corrected chi connectivity index (χ0v) is 14.8. The van der Waals surface area contributed by atoms with Gasteiger partial charge in [0.15, 0.2) is 0 Å². The first-order valence-electron chi connectivity index (χ1n) is 8.37. The van der Waals surface area contributed by atoms with Gasteiger partial charge in [-0.2, -0.15) is 0 Å². The van der Waals surface area contributed by atoms with Gasteiger partial charge in [0, 0.05) is 37.1 Å². The fraction of sp³-hybridized carbons (Fsp3) is 0.611. The van der Waals surface area contributed by atoms with Gasteiger partial charge in [-0.25, -0.2) is 0 Å². The Bertz CT molecular complexity index is 508. The summed E-state index contributed by atoms with van der Waals surface area (Å²) in [6.45, 7) is 8.23. The van der Waals surface area contributed by atoms with Crippen molar-refractivity contribution < 1.29 is 9.53 Å². The summed E-state index contributed by atoms with van der Waals surface area (Å²) < 4.78 is 5.58. The van der Waals surface area contributed by atoms with E-state index in [2.05, 4.69) is 24.1 Å². The average Bonchev–Trinajstić information content (AvgIpc) is 2.51. The van der Waals surface area contributed by atoms with Gasteiger partial charge in [-0.05, 0) is 30.0 Å². The third kappa shape index (κ3) is 6.50. The molecule has 1 amide bonds. The van der Waals surface area contributed by atoms with Crippen LogP contribution >= 0.6 is 11.6 Å². The van der Waals surface area contributed by atoms with Gasteiger partial charge in [0.25, 0.3) is 0 Å². The van der Waals surface area contributed by atoms with Crippen LogP contribution in [0.4, 0.5) is 0 Å². The lowest BCUT2D eigenvalue weighted by Crippen LogP contribution is -2.47. The van der Waals surface area contributed by atoms with Crippen molar-refractivity contribution in [2.45, 2.75) is 39.3 Å². The van der Waals surface area contributed by atoms with Crippen molar-refractivity contribution in [1.82, 2.24) is 10.2 Å². The summed E-state index contributed by atoms with van der Waals surface area (Å²) in [5.41, 5.74) is 1.02. The molecule has 1 aromatic rings. The lowest BCUT2D eigenvalue weighted by atomic mass is 10.0. The van der Waals surface area contributed by atoms with E-state index in [0.29, 0.717) is 29.9 Å². The SMILES string of the molecule is CC(C)CC1COCCN1CCC(=O)NCc1cccc(Cl)c1. The zero-order chi connectivity index (χ0) is 16.7. The molecule has 0 aromatic heterocycles. The first kappa shape index (κ1) is 18.2. The van der Waals surface area contributed by atoms with Gasteiger partial charge < -0.3 is 10.1 Å². The summed E-state index contributed by atoms with van der Waals surface area (Å²) in [7, 11) is 0. The van der Waals surface area contributed by atoms with Crippen molar-refractivity contribution in [3.8, 4) is 0 Å². The maximum absolute atomic E-state index is 12.1. The van der Waals surface area contributed by atoms with Crippen molar-refractivity contribution in [3.05, 3.63) is 34.9 Å². The number of nitrogens with one attached hydrogen (secondary N) is 1. The van der Waals surface area contributed by atoms with Crippen LogP contribution in [0.25, 0.3) is 0 Å². The summed E-state index contributed by atoms with van der Waals surface area (Å²) in [5.74, 6) is 0.723. The fourth-order valence-electron chi connectivity index (χ4n) is 2.93. The fourth-order valence-corrected chi connectivity index (χ4v) is 3.14. The molecule has 0 aliphatic carbocycles. The van der Waals surface area contributed by atoms with Gasteiger partial charge in [-0.3, -0.25) is 9.69 Å². The van der Waals surface area contributed by atoms with E-state index in [-0.39, 0.29) is 5.91 Å². The number of nitrogens with zero attached hydrogens (tertiary/aromatic N) is 1. The van der Waals surface area contributed by atoms with Crippen molar-refractivity contribution in [2.75, 3.05) is 26.3 Å². The maximum Gasteiger partial charge on any atom is 0.221 e. The molecule has 2 rings (SSSR count). The van der Waals surface area contributed by atoms with Crippen LogP contribution in [0.15, 0.2) is 24.3 Å². The van der Waals surface area contributed by atoms with E-state index in [1.54, 1.807) is 0 Å². The molecule has 4 nitrogen and oxygen atoms in total. The van der Waals surface area contributed by atoms with E-state index in [0.717, 1.165) is 38.3 Å². The molecule has 23 heavy (non-hydrogen) atoms. The number of ether oxygens (including phenoxy) is 1. The summed E-state index contributed by atoms with van der Waals surface area (Å²) in [6, 6.07) is 8.01. The molecule has 1 fully saturated rings. The summed E-state index contributed by atoms with van der Waals surface area (Å²) in [6.07, 6.45) is 1.64. The summed E-state index contributed by atoms with van der Waals surface area (Å²) in [5, 5.41) is 3.66. The van der Waals surface area contributed by atoms with Gasteiger partial charge in [-0.1, -0.05) is 37.6 Å². The van der Waals surface area contributed by atoms with Crippen LogP contribution in [0.2, 0.25) is 5.02 Å². The van der Waals surface area contributed by atoms with E-state index in [9.17, 15) is 4.79 Å². The highest BCUT2D eigenvalue weighted by atomic mass is 35.5. The highest BCUT2D eigenvalue weighted by molar-refractivity contribution is 6.30. The van der Waals surface area contributed by atoms with Crippen LogP contribution in [-0.2, 0) is 16.1 Å². The van der Waals surface area contributed by atoms with E-state index in [1.165, 1.54) is 0 Å². The molecule has 1 heterocycles. The van der Waals surface area contributed by atoms with Crippen molar-refractivity contribution in [2.24, 2.45) is 5.92 Å². The van der Waals surface area contributed by atoms with Gasteiger partial charge >= 0.3 is 0 Å². The zero-order valence-electron chi connectivity index (χ0n) is 14.1. The molecule has 1 aliphatic heterocycles. The summed E-state index contributed by atoms with van der Waals surface area (Å²) >= 11 is 5.95. The predicted molar refractivity (Wildman–Crippen MR) is 93.6 cm³/mol. The Kier molecular flexibility index (Phi) is 7.34. The van der Waals surface area contributed by atoms with E-state index < -0.39 is 0 Å². The third-order valence-electron chi connectivity index (χ3n) is 4.10. The standard InChI is InChI=1S/C18H27ClN2O2/c1-14(2)10-17-13-23-9-8-21(17)7-6-18(22)20-12-15-4-3-5-16(19)11-15/h3-5,11,14,17H,6-10,12-13H2,1-2H3,(H,20,22). The molecule has 1 aromatic carbocycles. The highest BCUT2D eigenvalue weighted by Gasteiger charge is 2.23. The Hall–Kier alpha value is -1.10. The minimum atomic E-state index is 0.0831. The molecule has 5 heteroatoms. The van der Waals surface area contributed by atoms with Crippen LogP contribution in [0.5, 0.6) is 0 Å². The van der Waals surface area contributed by atoms with Gasteiger partial charge in [0.2, 0.25) is 5.91 Å². The van der Waals surface area contributed by atoms with Gasteiger partial charge in [-0.15, -0.1) is 0 Å². The van der Waals surface area contributed by atoms with E-state index >= 15 is 0 Å². The van der Waals surface area contributed by atoms with Gasteiger partial charge in [0.1, 0.15) is 0 Å². The molecule has 0 saturated carbocycles. The average molecular weight is 339 g/mol. The number of carbonyl (C=O) groups excluding carboxylic acids is 1. The number of carbonyl (C=O) groups is 1. The molecule has 128 valence electrons. The lowest BCUT2D eigenvalue weighted by Gasteiger charge is -2.36. The molecule has 0 radical (unpaired) electrons. The van der Waals surface area contributed by atoms with Crippen molar-refractivity contribution >= 4 is 17.5 Å². The van der Waals surface area contributed by atoms with Crippen molar-refractivity contribution in [3.63, 3.8) is 0 Å². The first-order chi connectivity index (χ1) is 11.0. The topological polar surface area (TPSA) is 41.6 Å². The van der Waals surface area contributed by atoms with Crippen LogP contribution in [0, 0.1) is 5.92 Å². The Morgan fingerprint density at radius 3 is 3.04 bits per heavy atom. The molecule has 1 N–H and O–H groups in total. The lowest BCUT2D eigenvalue weighted by molar-refractivity contribution is -0.122. The van der Waals surface area contributed by atoms with Gasteiger partial charge in [0.05, 0.1) is 13.2 Å². The molecule has 1 atom stereocenters. The third-order valence-corrected chi connectivity index (χ3v) is 4.33. The largest absolute Gasteiger partial charge is 0.378 e. The predicted octanol–water partition coefficient (Wildman–Crippen LogP) is 3.09. The highest BCUT2D eigenvalue weighted by Crippen LogP contribution is 2.16. The Labute approximate surface area is 144 Å². The number of halogens is 1. The molecule has 1 saturated heterocycles. The second-order valence-corrected chi connectivity index (χ2v) is 6.99. The number of hydrogen-bond acceptors (Lipinski definition) is 3. The number of benzene rings is 1. The number of rotatable bonds is 7. The Morgan fingerprint density at radius 2 is 2.30 bits per heavy atom. The Morgan fingerprint density at radius 1 is 1.48 bits per heavy atom. The molecular weight excluding hydrogens is 312 g/mol. The molecule has 0 bridgehead atoms. The number of morpholine rings is 1. The van der Waals surface area contributed by atoms with Crippen LogP contribution in [0.3, 0.4) is 0 Å². The molecule has 0 spiro atoms. The second-order valence-electron chi connectivity index (χ2n) is 6.55. The number of hydrogen-bond donors (Lipinski definition) is 1. The molecule has 1 aliphatic rings. The number of amides is 1. The first-order valence-corrected chi connectivity index (χ1v) is 8.75. The van der Waals surface area contributed by atoms with Crippen LogP contribution in [0.1, 0.15) is 32.3 Å². The molecular formula is C18H27ClN2O2. The van der Waals surface area contributed by atoms with Crippen LogP contribution < -0.4 is 5.32 Å².